The van der Waals surface area contributed by atoms with E-state index in [1.807, 2.05) is 24.3 Å². The summed E-state index contributed by atoms with van der Waals surface area (Å²) in [6.45, 7) is 1.06. The van der Waals surface area contributed by atoms with Gasteiger partial charge < -0.3 is 15.4 Å². The predicted octanol–water partition coefficient (Wildman–Crippen LogP) is 2.86. The van der Waals surface area contributed by atoms with Crippen LogP contribution in [0.15, 0.2) is 42.5 Å². The van der Waals surface area contributed by atoms with E-state index in [0.717, 1.165) is 22.6 Å². The molecule has 0 unspecified atom stereocenters. The Labute approximate surface area is 172 Å². The van der Waals surface area contributed by atoms with E-state index in [9.17, 15) is 23.2 Å². The number of nitrogens with one attached hydrogen (secondary N) is 2. The Hall–Kier alpha value is -3.49. The van der Waals surface area contributed by atoms with Crippen LogP contribution in [0.3, 0.4) is 0 Å². The molecule has 30 heavy (non-hydrogen) atoms. The summed E-state index contributed by atoms with van der Waals surface area (Å²) in [5.74, 6) is -2.68. The molecule has 1 saturated heterocycles. The van der Waals surface area contributed by atoms with Crippen LogP contribution in [-0.2, 0) is 16.0 Å². The number of halogens is 2. The van der Waals surface area contributed by atoms with Gasteiger partial charge >= 0.3 is 6.03 Å². The van der Waals surface area contributed by atoms with Crippen LogP contribution in [0.5, 0.6) is 5.75 Å². The lowest BCUT2D eigenvalue weighted by Gasteiger charge is -2.21. The molecule has 7 nitrogen and oxygen atoms in total. The molecule has 0 saturated carbocycles. The van der Waals surface area contributed by atoms with Gasteiger partial charge in [0, 0.05) is 11.8 Å². The molecular weight excluding hydrogens is 396 g/mol. The van der Waals surface area contributed by atoms with Crippen molar-refractivity contribution in [1.82, 2.24) is 10.2 Å². The molecular formula is C21H21F2N3O4. The molecule has 0 radical (unpaired) electrons. The van der Waals surface area contributed by atoms with Crippen LogP contribution < -0.4 is 15.4 Å². The van der Waals surface area contributed by atoms with Crippen molar-refractivity contribution in [2.24, 2.45) is 0 Å². The van der Waals surface area contributed by atoms with Crippen molar-refractivity contribution < 1.29 is 27.9 Å². The summed E-state index contributed by atoms with van der Waals surface area (Å²) in [5.41, 5.74) is -0.166. The second-order valence-electron chi connectivity index (χ2n) is 7.18. The van der Waals surface area contributed by atoms with Gasteiger partial charge in [-0.15, -0.1) is 0 Å². The lowest BCUT2D eigenvalue weighted by molar-refractivity contribution is -0.133. The number of methoxy groups -OCH3 is 1. The number of amides is 4. The van der Waals surface area contributed by atoms with Gasteiger partial charge in [0.05, 0.1) is 7.11 Å². The van der Waals surface area contributed by atoms with E-state index in [-0.39, 0.29) is 5.69 Å². The zero-order chi connectivity index (χ0) is 21.9. The lowest BCUT2D eigenvalue weighted by Crippen LogP contribution is -2.45. The third-order valence-corrected chi connectivity index (χ3v) is 4.92. The number of anilines is 1. The maximum absolute atomic E-state index is 13.3. The second-order valence-corrected chi connectivity index (χ2v) is 7.18. The Bertz CT molecular complexity index is 981. The molecule has 0 spiro atoms. The zero-order valence-electron chi connectivity index (χ0n) is 16.5. The summed E-state index contributed by atoms with van der Waals surface area (Å²) in [7, 11) is 1.57. The van der Waals surface area contributed by atoms with Crippen LogP contribution >= 0.6 is 0 Å². The van der Waals surface area contributed by atoms with Gasteiger partial charge in [-0.25, -0.2) is 13.6 Å². The normalized spacial score (nSPS) is 18.3. The average molecular weight is 417 g/mol. The summed E-state index contributed by atoms with van der Waals surface area (Å²) in [5, 5.41) is 4.97. The number of carbonyl (C=O) groups is 3. The molecule has 158 valence electrons. The summed E-state index contributed by atoms with van der Waals surface area (Å²) in [4.78, 5) is 38.1. The quantitative estimate of drug-likeness (QED) is 0.679. The van der Waals surface area contributed by atoms with Gasteiger partial charge in [-0.05, 0) is 49.6 Å². The Morgan fingerprint density at radius 3 is 2.47 bits per heavy atom. The Kier molecular flexibility index (Phi) is 6.00. The number of rotatable bonds is 7. The van der Waals surface area contributed by atoms with Crippen LogP contribution in [-0.4, -0.2) is 41.9 Å². The molecule has 0 bridgehead atoms. The number of ether oxygens (including phenoxy) is 1. The second kappa shape index (κ2) is 8.48. The van der Waals surface area contributed by atoms with E-state index in [4.69, 9.17) is 4.74 Å². The summed E-state index contributed by atoms with van der Waals surface area (Å²) in [6.07, 6.45) is 0.868. The molecule has 4 amide bonds. The third-order valence-electron chi connectivity index (χ3n) is 4.92. The molecule has 1 aliphatic rings. The van der Waals surface area contributed by atoms with E-state index >= 15 is 0 Å². The SMILES string of the molecule is COc1ccc(CC[C@]2(C)NC(=O)N(CC(=O)Nc3ccc(F)c(F)c3)C2=O)cc1. The highest BCUT2D eigenvalue weighted by molar-refractivity contribution is 6.09. The van der Waals surface area contributed by atoms with E-state index in [2.05, 4.69) is 10.6 Å². The van der Waals surface area contributed by atoms with Gasteiger partial charge in [-0.2, -0.15) is 0 Å². The minimum Gasteiger partial charge on any atom is -0.497 e. The lowest BCUT2D eigenvalue weighted by atomic mass is 9.93. The van der Waals surface area contributed by atoms with E-state index in [1.165, 1.54) is 6.07 Å². The van der Waals surface area contributed by atoms with Crippen LogP contribution in [0.4, 0.5) is 19.3 Å². The van der Waals surface area contributed by atoms with Gasteiger partial charge in [0.25, 0.3) is 5.91 Å². The number of hydrogen-bond acceptors (Lipinski definition) is 4. The third kappa shape index (κ3) is 4.56. The minimum atomic E-state index is -1.15. The number of hydrogen-bond donors (Lipinski definition) is 2. The van der Waals surface area contributed by atoms with E-state index < -0.39 is 41.6 Å². The molecule has 2 N–H and O–H groups in total. The number of nitrogens with zero attached hydrogens (tertiary/aromatic N) is 1. The van der Waals surface area contributed by atoms with Crippen LogP contribution in [0.25, 0.3) is 0 Å². The zero-order valence-corrected chi connectivity index (χ0v) is 16.5. The molecule has 3 rings (SSSR count). The Balaban J connectivity index is 1.61. The Morgan fingerprint density at radius 1 is 1.13 bits per heavy atom. The van der Waals surface area contributed by atoms with Gasteiger partial charge in [0.1, 0.15) is 17.8 Å². The van der Waals surface area contributed by atoms with Crippen LogP contribution in [0.2, 0.25) is 0 Å². The number of imide groups is 1. The first-order valence-electron chi connectivity index (χ1n) is 9.24. The fourth-order valence-corrected chi connectivity index (χ4v) is 3.16. The van der Waals surface area contributed by atoms with Crippen molar-refractivity contribution in [1.29, 1.82) is 0 Å². The Morgan fingerprint density at radius 2 is 1.83 bits per heavy atom. The number of benzene rings is 2. The fourth-order valence-electron chi connectivity index (χ4n) is 3.16. The summed E-state index contributed by atoms with van der Waals surface area (Å²) in [6, 6.07) is 9.54. The van der Waals surface area contributed by atoms with Crippen molar-refractivity contribution in [2.75, 3.05) is 19.0 Å². The number of aryl methyl sites for hydroxylation is 1. The first-order chi connectivity index (χ1) is 14.2. The van der Waals surface area contributed by atoms with E-state index in [1.54, 1.807) is 14.0 Å². The minimum absolute atomic E-state index is 0.0215. The molecule has 2 aromatic rings. The largest absolute Gasteiger partial charge is 0.497 e. The summed E-state index contributed by atoms with van der Waals surface area (Å²) >= 11 is 0. The molecule has 1 aliphatic heterocycles. The van der Waals surface area contributed by atoms with Crippen molar-refractivity contribution in [3.05, 3.63) is 59.7 Å². The molecule has 0 aromatic heterocycles. The molecule has 1 fully saturated rings. The highest BCUT2D eigenvalue weighted by Crippen LogP contribution is 2.24. The predicted molar refractivity (Wildman–Crippen MR) is 105 cm³/mol. The maximum Gasteiger partial charge on any atom is 0.325 e. The molecule has 1 heterocycles. The van der Waals surface area contributed by atoms with Gasteiger partial charge in [-0.1, -0.05) is 12.1 Å². The molecule has 1 atom stereocenters. The summed E-state index contributed by atoms with van der Waals surface area (Å²) < 4.78 is 31.4. The monoisotopic (exact) mass is 417 g/mol. The van der Waals surface area contributed by atoms with Gasteiger partial charge in [0.2, 0.25) is 5.91 Å². The average Bonchev–Trinajstić information content (AvgIpc) is 2.93. The van der Waals surface area contributed by atoms with Crippen LogP contribution in [0, 0.1) is 11.6 Å². The number of carbonyl (C=O) groups excluding carboxylic acids is 3. The van der Waals surface area contributed by atoms with Gasteiger partial charge in [-0.3, -0.25) is 14.5 Å². The first-order valence-corrected chi connectivity index (χ1v) is 9.24. The fraction of sp³-hybridized carbons (Fsp3) is 0.286. The smallest absolute Gasteiger partial charge is 0.325 e. The number of urea groups is 1. The molecule has 9 heteroatoms. The van der Waals surface area contributed by atoms with Crippen molar-refractivity contribution in [3.8, 4) is 5.75 Å². The molecule has 0 aliphatic carbocycles. The van der Waals surface area contributed by atoms with Crippen molar-refractivity contribution >= 4 is 23.5 Å². The van der Waals surface area contributed by atoms with Crippen LogP contribution in [0.1, 0.15) is 18.9 Å². The van der Waals surface area contributed by atoms with Crippen molar-refractivity contribution in [3.63, 3.8) is 0 Å². The first kappa shape index (κ1) is 21.2. The maximum atomic E-state index is 13.3. The topological polar surface area (TPSA) is 87.7 Å². The highest BCUT2D eigenvalue weighted by Gasteiger charge is 2.47. The molecule has 2 aromatic carbocycles. The van der Waals surface area contributed by atoms with Crippen molar-refractivity contribution in [2.45, 2.75) is 25.3 Å². The standard InChI is InChI=1S/C21H21F2N3O4/c1-21(10-9-13-3-6-15(30-2)7-4-13)19(28)26(20(29)25-21)12-18(27)24-14-5-8-16(22)17(23)11-14/h3-8,11H,9-10,12H2,1-2H3,(H,24,27)(H,25,29)/t21-/m0/s1. The highest BCUT2D eigenvalue weighted by atomic mass is 19.2. The van der Waals surface area contributed by atoms with E-state index in [0.29, 0.717) is 18.6 Å². The van der Waals surface area contributed by atoms with Gasteiger partial charge in [0.15, 0.2) is 11.6 Å².